The van der Waals surface area contributed by atoms with Crippen molar-refractivity contribution in [1.82, 2.24) is 0 Å². The molecule has 0 heterocycles. The molecule has 0 saturated carbocycles. The summed E-state index contributed by atoms with van der Waals surface area (Å²) in [5, 5.41) is 14.8. The van der Waals surface area contributed by atoms with Crippen molar-refractivity contribution < 1.29 is 9.90 Å². The van der Waals surface area contributed by atoms with Crippen LogP contribution < -0.4 is 15.5 Å². The topological polar surface area (TPSA) is 64.6 Å². The Morgan fingerprint density at radius 3 is 2.48 bits per heavy atom. The van der Waals surface area contributed by atoms with Gasteiger partial charge in [0, 0.05) is 30.2 Å². The second-order valence-corrected chi connectivity index (χ2v) is 5.25. The second kappa shape index (κ2) is 8.19. The van der Waals surface area contributed by atoms with E-state index in [4.69, 9.17) is 5.11 Å². The molecule has 0 saturated heterocycles. The molecule has 2 aromatic carbocycles. The zero-order chi connectivity index (χ0) is 16.7. The van der Waals surface area contributed by atoms with Crippen molar-refractivity contribution in [1.29, 1.82) is 0 Å². The van der Waals surface area contributed by atoms with Crippen molar-refractivity contribution in [3.8, 4) is 0 Å². The van der Waals surface area contributed by atoms with Gasteiger partial charge in [0.2, 0.25) is 0 Å². The molecule has 3 N–H and O–H groups in total. The predicted octanol–water partition coefficient (Wildman–Crippen LogP) is 3.46. The number of carbonyl (C=O) groups excluding carboxylic acids is 1. The zero-order valence-corrected chi connectivity index (χ0v) is 13.5. The van der Waals surface area contributed by atoms with Crippen LogP contribution in [0, 0.1) is 6.92 Å². The number of para-hydroxylation sites is 1. The number of aliphatic hydroxyl groups is 1. The van der Waals surface area contributed by atoms with Crippen molar-refractivity contribution in [2.75, 3.05) is 35.2 Å². The number of nitrogens with zero attached hydrogens (tertiary/aromatic N) is 1. The minimum absolute atomic E-state index is 0.117. The number of aryl methyl sites for hydroxylation is 1. The Balaban J connectivity index is 2.04. The average molecular weight is 313 g/mol. The summed E-state index contributed by atoms with van der Waals surface area (Å²) in [4.78, 5) is 14.1. The molecule has 2 aromatic rings. The van der Waals surface area contributed by atoms with Gasteiger partial charge >= 0.3 is 6.03 Å². The van der Waals surface area contributed by atoms with Crippen molar-refractivity contribution in [3.63, 3.8) is 0 Å². The van der Waals surface area contributed by atoms with Crippen molar-refractivity contribution in [3.05, 3.63) is 54.1 Å². The maximum absolute atomic E-state index is 12.0. The number of hydrogen-bond acceptors (Lipinski definition) is 3. The number of benzene rings is 2. The first-order valence-corrected chi connectivity index (χ1v) is 7.73. The summed E-state index contributed by atoms with van der Waals surface area (Å²) in [5.41, 5.74) is 3.52. The molecule has 0 radical (unpaired) electrons. The smallest absolute Gasteiger partial charge is 0.323 e. The third-order valence-electron chi connectivity index (χ3n) is 3.61. The van der Waals surface area contributed by atoms with E-state index in [-0.39, 0.29) is 12.6 Å². The van der Waals surface area contributed by atoms with Crippen molar-refractivity contribution >= 4 is 23.1 Å². The first kappa shape index (κ1) is 16.8. The third-order valence-corrected chi connectivity index (χ3v) is 3.61. The molecule has 0 spiro atoms. The number of likely N-dealkylation sites (N-methyl/N-ethyl adjacent to an activating group) is 1. The number of urea groups is 1. The molecule has 0 aromatic heterocycles. The molecule has 0 fully saturated rings. The number of nitrogens with one attached hydrogen (secondary N) is 2. The van der Waals surface area contributed by atoms with Gasteiger partial charge in [-0.1, -0.05) is 18.2 Å². The molecule has 0 atom stereocenters. The molecule has 0 bridgehead atoms. The first-order chi connectivity index (χ1) is 11.1. The maximum atomic E-state index is 12.0. The van der Waals surface area contributed by atoms with Gasteiger partial charge in [0.1, 0.15) is 0 Å². The number of carbonyl (C=O) groups is 1. The summed E-state index contributed by atoms with van der Waals surface area (Å²) in [7, 11) is 0. The van der Waals surface area contributed by atoms with Crippen LogP contribution in [0.3, 0.4) is 0 Å². The molecule has 0 unspecified atom stereocenters. The fraction of sp³-hybridized carbons (Fsp3) is 0.278. The predicted molar refractivity (Wildman–Crippen MR) is 95.2 cm³/mol. The number of amides is 2. The van der Waals surface area contributed by atoms with Crippen LogP contribution in [0.25, 0.3) is 0 Å². The Hall–Kier alpha value is -2.53. The Bertz CT molecular complexity index is 644. The van der Waals surface area contributed by atoms with E-state index >= 15 is 0 Å². The van der Waals surface area contributed by atoms with Gasteiger partial charge in [0.25, 0.3) is 0 Å². The monoisotopic (exact) mass is 313 g/mol. The lowest BCUT2D eigenvalue weighted by Crippen LogP contribution is -2.26. The summed E-state index contributed by atoms with van der Waals surface area (Å²) in [6.45, 7) is 5.53. The minimum atomic E-state index is -0.269. The van der Waals surface area contributed by atoms with E-state index < -0.39 is 0 Å². The normalized spacial score (nSPS) is 10.2. The molecule has 0 aliphatic rings. The zero-order valence-electron chi connectivity index (χ0n) is 13.5. The quantitative estimate of drug-likeness (QED) is 0.765. The third kappa shape index (κ3) is 4.72. The highest BCUT2D eigenvalue weighted by Gasteiger charge is 2.08. The Kier molecular flexibility index (Phi) is 6.00. The van der Waals surface area contributed by atoms with Crippen LogP contribution in [0.5, 0.6) is 0 Å². The van der Waals surface area contributed by atoms with Crippen LogP contribution in [0.15, 0.2) is 48.5 Å². The Labute approximate surface area is 136 Å². The second-order valence-electron chi connectivity index (χ2n) is 5.25. The molecule has 0 aliphatic carbocycles. The van der Waals surface area contributed by atoms with Gasteiger partial charge in [-0.3, -0.25) is 0 Å². The molecule has 2 rings (SSSR count). The minimum Gasteiger partial charge on any atom is -0.395 e. The van der Waals surface area contributed by atoms with Gasteiger partial charge in [-0.15, -0.1) is 0 Å². The van der Waals surface area contributed by atoms with Crippen LogP contribution in [-0.4, -0.2) is 30.8 Å². The van der Waals surface area contributed by atoms with Crippen molar-refractivity contribution in [2.45, 2.75) is 13.8 Å². The van der Waals surface area contributed by atoms with Gasteiger partial charge in [0.15, 0.2) is 0 Å². The van der Waals surface area contributed by atoms with E-state index in [0.29, 0.717) is 6.54 Å². The Morgan fingerprint density at radius 1 is 1.13 bits per heavy atom. The summed E-state index contributed by atoms with van der Waals surface area (Å²) in [6, 6.07) is 14.9. The highest BCUT2D eigenvalue weighted by Crippen LogP contribution is 2.22. The summed E-state index contributed by atoms with van der Waals surface area (Å²) in [6.07, 6.45) is 0. The van der Waals surface area contributed by atoms with Gasteiger partial charge in [0.05, 0.1) is 6.61 Å². The van der Waals surface area contributed by atoms with E-state index in [1.807, 2.05) is 62.4 Å². The van der Waals surface area contributed by atoms with E-state index in [0.717, 1.165) is 29.2 Å². The summed E-state index contributed by atoms with van der Waals surface area (Å²) < 4.78 is 0. The van der Waals surface area contributed by atoms with E-state index in [9.17, 15) is 4.79 Å². The summed E-state index contributed by atoms with van der Waals surface area (Å²) >= 11 is 0. The van der Waals surface area contributed by atoms with Crippen LogP contribution in [0.1, 0.15) is 12.5 Å². The highest BCUT2D eigenvalue weighted by atomic mass is 16.3. The largest absolute Gasteiger partial charge is 0.395 e. The fourth-order valence-electron chi connectivity index (χ4n) is 2.38. The molecule has 5 heteroatoms. The number of hydrogen-bond donors (Lipinski definition) is 3. The standard InChI is InChI=1S/C18H23N3O2/c1-3-21(11-12-22)16-9-10-17(14(2)13-16)20-18(23)19-15-7-5-4-6-8-15/h4-10,13,22H,3,11-12H2,1-2H3,(H2,19,20,23). The SMILES string of the molecule is CCN(CCO)c1ccc(NC(=O)Nc2ccccc2)c(C)c1. The van der Waals surface area contributed by atoms with Gasteiger partial charge in [-0.25, -0.2) is 4.79 Å². The van der Waals surface area contributed by atoms with E-state index in [1.54, 1.807) is 0 Å². The molecule has 0 aliphatic heterocycles. The van der Waals surface area contributed by atoms with E-state index in [2.05, 4.69) is 15.5 Å². The molecule has 2 amide bonds. The number of rotatable bonds is 6. The van der Waals surface area contributed by atoms with Gasteiger partial charge < -0.3 is 20.6 Å². The molecule has 5 nitrogen and oxygen atoms in total. The fourth-order valence-corrected chi connectivity index (χ4v) is 2.38. The van der Waals surface area contributed by atoms with Crippen LogP contribution in [0.4, 0.5) is 21.9 Å². The first-order valence-electron chi connectivity index (χ1n) is 7.73. The lowest BCUT2D eigenvalue weighted by Gasteiger charge is -2.23. The van der Waals surface area contributed by atoms with Crippen LogP contribution in [0.2, 0.25) is 0 Å². The van der Waals surface area contributed by atoms with Crippen molar-refractivity contribution in [2.24, 2.45) is 0 Å². The molecule has 23 heavy (non-hydrogen) atoms. The molecular weight excluding hydrogens is 290 g/mol. The maximum Gasteiger partial charge on any atom is 0.323 e. The van der Waals surface area contributed by atoms with Crippen LogP contribution >= 0.6 is 0 Å². The summed E-state index contributed by atoms with van der Waals surface area (Å²) in [5.74, 6) is 0. The van der Waals surface area contributed by atoms with Gasteiger partial charge in [-0.05, 0) is 49.7 Å². The molecule has 122 valence electrons. The average Bonchev–Trinajstić information content (AvgIpc) is 2.55. The lowest BCUT2D eigenvalue weighted by atomic mass is 10.1. The van der Waals surface area contributed by atoms with Gasteiger partial charge in [-0.2, -0.15) is 0 Å². The number of anilines is 3. The Morgan fingerprint density at radius 2 is 1.87 bits per heavy atom. The highest BCUT2D eigenvalue weighted by molar-refractivity contribution is 6.00. The number of aliphatic hydroxyl groups excluding tert-OH is 1. The molecular formula is C18H23N3O2. The lowest BCUT2D eigenvalue weighted by molar-refractivity contribution is 0.262. The van der Waals surface area contributed by atoms with Crippen LogP contribution in [-0.2, 0) is 0 Å². The van der Waals surface area contributed by atoms with E-state index in [1.165, 1.54) is 0 Å².